The molecule has 100 valence electrons. The summed E-state index contributed by atoms with van der Waals surface area (Å²) in [4.78, 5) is 4.67. The summed E-state index contributed by atoms with van der Waals surface area (Å²) in [5.74, 6) is 0.658. The van der Waals surface area contributed by atoms with E-state index in [0.29, 0.717) is 18.5 Å². The second-order valence-corrected chi connectivity index (χ2v) is 5.81. The minimum Gasteiger partial charge on any atom is -0.368 e. The molecule has 0 aromatic heterocycles. The van der Waals surface area contributed by atoms with Crippen molar-refractivity contribution in [2.45, 2.75) is 19.5 Å². The number of hydrogen-bond acceptors (Lipinski definition) is 3. The highest BCUT2D eigenvalue weighted by Crippen LogP contribution is 2.32. The Bertz CT molecular complexity index is 420. The summed E-state index contributed by atoms with van der Waals surface area (Å²) < 4.78 is 0. The average Bonchev–Trinajstić information content (AvgIpc) is 2.71. The van der Waals surface area contributed by atoms with Gasteiger partial charge < -0.3 is 15.5 Å². The number of likely N-dealkylation sites (N-methyl/N-ethyl adjacent to an activating group) is 1. The first-order valence-electron chi connectivity index (χ1n) is 6.42. The fraction of sp³-hybridized carbons (Fsp3) is 0.571. The Morgan fingerprint density at radius 2 is 2.11 bits per heavy atom. The normalized spacial score (nSPS) is 24.0. The Morgan fingerprint density at radius 3 is 2.61 bits per heavy atom. The SMILES string of the molecule is CC1CN(c2ccc(CN)cc2Cl)CC1N(C)C. The van der Waals surface area contributed by atoms with Crippen LogP contribution in [0.3, 0.4) is 0 Å². The van der Waals surface area contributed by atoms with E-state index in [0.717, 1.165) is 29.4 Å². The van der Waals surface area contributed by atoms with Gasteiger partial charge in [0.2, 0.25) is 0 Å². The predicted molar refractivity (Wildman–Crippen MR) is 78.2 cm³/mol. The van der Waals surface area contributed by atoms with Gasteiger partial charge in [0.05, 0.1) is 10.7 Å². The summed E-state index contributed by atoms with van der Waals surface area (Å²) in [7, 11) is 4.29. The van der Waals surface area contributed by atoms with Crippen LogP contribution in [-0.2, 0) is 6.54 Å². The molecular weight excluding hydrogens is 246 g/mol. The highest BCUT2D eigenvalue weighted by Gasteiger charge is 2.31. The van der Waals surface area contributed by atoms with E-state index in [1.807, 2.05) is 6.07 Å². The molecule has 18 heavy (non-hydrogen) atoms. The lowest BCUT2D eigenvalue weighted by atomic mass is 10.1. The van der Waals surface area contributed by atoms with E-state index in [2.05, 4.69) is 43.0 Å². The summed E-state index contributed by atoms with van der Waals surface area (Å²) in [5.41, 5.74) is 7.84. The van der Waals surface area contributed by atoms with Gasteiger partial charge in [0.15, 0.2) is 0 Å². The number of rotatable bonds is 3. The lowest BCUT2D eigenvalue weighted by Crippen LogP contribution is -2.34. The number of nitrogens with zero attached hydrogens (tertiary/aromatic N) is 2. The van der Waals surface area contributed by atoms with E-state index in [-0.39, 0.29) is 0 Å². The number of benzene rings is 1. The van der Waals surface area contributed by atoms with Crippen molar-refractivity contribution in [3.05, 3.63) is 28.8 Å². The van der Waals surface area contributed by atoms with Crippen molar-refractivity contribution in [1.29, 1.82) is 0 Å². The van der Waals surface area contributed by atoms with Crippen molar-refractivity contribution >= 4 is 17.3 Å². The molecule has 3 nitrogen and oxygen atoms in total. The number of halogens is 1. The molecule has 1 aromatic carbocycles. The number of hydrogen-bond donors (Lipinski definition) is 1. The third-order valence-corrected chi connectivity index (χ3v) is 4.13. The van der Waals surface area contributed by atoms with Crippen LogP contribution in [0, 0.1) is 5.92 Å². The van der Waals surface area contributed by atoms with Gasteiger partial charge in [-0.3, -0.25) is 0 Å². The Kier molecular flexibility index (Phi) is 4.15. The molecule has 0 saturated carbocycles. The Morgan fingerprint density at radius 1 is 1.39 bits per heavy atom. The Labute approximate surface area is 115 Å². The van der Waals surface area contributed by atoms with Gasteiger partial charge in [-0.2, -0.15) is 0 Å². The quantitative estimate of drug-likeness (QED) is 0.911. The summed E-state index contributed by atoms with van der Waals surface area (Å²) in [5, 5.41) is 0.810. The fourth-order valence-electron chi connectivity index (χ4n) is 2.75. The molecule has 1 fully saturated rings. The van der Waals surface area contributed by atoms with E-state index < -0.39 is 0 Å². The fourth-order valence-corrected chi connectivity index (χ4v) is 3.08. The van der Waals surface area contributed by atoms with Gasteiger partial charge >= 0.3 is 0 Å². The lowest BCUT2D eigenvalue weighted by Gasteiger charge is -2.23. The van der Waals surface area contributed by atoms with Gasteiger partial charge in [0.1, 0.15) is 0 Å². The van der Waals surface area contributed by atoms with E-state index >= 15 is 0 Å². The molecule has 1 aromatic rings. The van der Waals surface area contributed by atoms with Crippen molar-refractivity contribution in [1.82, 2.24) is 4.90 Å². The van der Waals surface area contributed by atoms with E-state index in [1.54, 1.807) is 0 Å². The zero-order chi connectivity index (χ0) is 13.3. The van der Waals surface area contributed by atoms with Gasteiger partial charge in [-0.15, -0.1) is 0 Å². The monoisotopic (exact) mass is 267 g/mol. The standard InChI is InChI=1S/C14H22ClN3/c1-10-8-18(9-14(10)17(2)3)13-5-4-11(7-16)6-12(13)15/h4-6,10,14H,7-9,16H2,1-3H3. The molecule has 1 aliphatic heterocycles. The third-order valence-electron chi connectivity index (χ3n) is 3.82. The molecule has 2 N–H and O–H groups in total. The second kappa shape index (κ2) is 5.47. The topological polar surface area (TPSA) is 32.5 Å². The van der Waals surface area contributed by atoms with Crippen LogP contribution in [-0.4, -0.2) is 38.1 Å². The molecule has 1 saturated heterocycles. The van der Waals surface area contributed by atoms with Crippen molar-refractivity contribution in [3.63, 3.8) is 0 Å². The highest BCUT2D eigenvalue weighted by molar-refractivity contribution is 6.33. The molecule has 1 heterocycles. The van der Waals surface area contributed by atoms with Crippen LogP contribution in [0.1, 0.15) is 12.5 Å². The summed E-state index contributed by atoms with van der Waals surface area (Å²) in [6.45, 7) is 4.93. The van der Waals surface area contributed by atoms with Crippen LogP contribution < -0.4 is 10.6 Å². The van der Waals surface area contributed by atoms with Crippen molar-refractivity contribution in [2.75, 3.05) is 32.1 Å². The van der Waals surface area contributed by atoms with E-state index in [1.165, 1.54) is 0 Å². The van der Waals surface area contributed by atoms with Crippen LogP contribution >= 0.6 is 11.6 Å². The van der Waals surface area contributed by atoms with Crippen LogP contribution in [0.15, 0.2) is 18.2 Å². The Hall–Kier alpha value is -0.770. The minimum atomic E-state index is 0.538. The lowest BCUT2D eigenvalue weighted by molar-refractivity contribution is 0.266. The zero-order valence-corrected chi connectivity index (χ0v) is 12.1. The average molecular weight is 268 g/mol. The van der Waals surface area contributed by atoms with Gasteiger partial charge in [-0.1, -0.05) is 24.6 Å². The predicted octanol–water partition coefficient (Wildman–Crippen LogP) is 2.19. The van der Waals surface area contributed by atoms with Crippen molar-refractivity contribution < 1.29 is 0 Å². The Balaban J connectivity index is 2.18. The molecule has 2 rings (SSSR count). The van der Waals surface area contributed by atoms with E-state index in [9.17, 15) is 0 Å². The first-order chi connectivity index (χ1) is 8.52. The smallest absolute Gasteiger partial charge is 0.0642 e. The maximum atomic E-state index is 6.35. The number of anilines is 1. The molecule has 0 aliphatic carbocycles. The molecule has 0 radical (unpaired) electrons. The summed E-state index contributed by atoms with van der Waals surface area (Å²) in [6.07, 6.45) is 0. The van der Waals surface area contributed by atoms with Crippen molar-refractivity contribution in [3.8, 4) is 0 Å². The molecule has 1 aliphatic rings. The van der Waals surface area contributed by atoms with Gasteiger partial charge in [0.25, 0.3) is 0 Å². The largest absolute Gasteiger partial charge is 0.368 e. The van der Waals surface area contributed by atoms with E-state index in [4.69, 9.17) is 17.3 Å². The van der Waals surface area contributed by atoms with Gasteiger partial charge in [0, 0.05) is 25.7 Å². The summed E-state index contributed by atoms with van der Waals surface area (Å²) in [6, 6.07) is 6.73. The van der Waals surface area contributed by atoms with Crippen molar-refractivity contribution in [2.24, 2.45) is 11.7 Å². The maximum Gasteiger partial charge on any atom is 0.0642 e. The van der Waals surface area contributed by atoms with Crippen LogP contribution in [0.4, 0.5) is 5.69 Å². The number of nitrogens with two attached hydrogens (primary N) is 1. The van der Waals surface area contributed by atoms with Gasteiger partial charge in [-0.25, -0.2) is 0 Å². The third kappa shape index (κ3) is 2.63. The first kappa shape index (κ1) is 13.7. The molecule has 0 bridgehead atoms. The molecule has 0 spiro atoms. The van der Waals surface area contributed by atoms with Crippen LogP contribution in [0.2, 0.25) is 5.02 Å². The minimum absolute atomic E-state index is 0.538. The second-order valence-electron chi connectivity index (χ2n) is 5.40. The maximum absolute atomic E-state index is 6.35. The van der Waals surface area contributed by atoms with Crippen LogP contribution in [0.25, 0.3) is 0 Å². The van der Waals surface area contributed by atoms with Crippen LogP contribution in [0.5, 0.6) is 0 Å². The highest BCUT2D eigenvalue weighted by atomic mass is 35.5. The molecule has 2 unspecified atom stereocenters. The molecule has 4 heteroatoms. The summed E-state index contributed by atoms with van der Waals surface area (Å²) >= 11 is 6.35. The van der Waals surface area contributed by atoms with Gasteiger partial charge in [-0.05, 0) is 37.7 Å². The zero-order valence-electron chi connectivity index (χ0n) is 11.4. The molecular formula is C14H22ClN3. The first-order valence-corrected chi connectivity index (χ1v) is 6.80. The molecule has 2 atom stereocenters. The molecule has 0 amide bonds.